The molecule has 5 nitrogen and oxygen atoms in total. The van der Waals surface area contributed by atoms with Gasteiger partial charge in [0.25, 0.3) is 0 Å². The second-order valence-electron chi connectivity index (χ2n) is 6.25. The molecule has 1 saturated heterocycles. The molecular weight excluding hydrogens is 244 g/mol. The Morgan fingerprint density at radius 3 is 2.26 bits per heavy atom. The van der Waals surface area contributed by atoms with E-state index in [0.29, 0.717) is 6.54 Å². The van der Waals surface area contributed by atoms with Gasteiger partial charge in [-0.2, -0.15) is 0 Å². The van der Waals surface area contributed by atoms with Crippen LogP contribution in [0.15, 0.2) is 0 Å². The highest BCUT2D eigenvalue weighted by Crippen LogP contribution is 2.29. The number of carbonyl (C=O) groups excluding carboxylic acids is 1. The summed E-state index contributed by atoms with van der Waals surface area (Å²) in [6, 6.07) is 0. The third kappa shape index (κ3) is 4.49. The Morgan fingerprint density at radius 1 is 1.26 bits per heavy atom. The fourth-order valence-corrected chi connectivity index (χ4v) is 2.24. The highest BCUT2D eigenvalue weighted by Gasteiger charge is 2.31. The van der Waals surface area contributed by atoms with Crippen molar-refractivity contribution in [1.82, 2.24) is 10.2 Å². The summed E-state index contributed by atoms with van der Waals surface area (Å²) in [5, 5.41) is 11.8. The van der Waals surface area contributed by atoms with Gasteiger partial charge in [0.2, 0.25) is 5.91 Å². The standard InChI is InChI=1S/C14H26N2O3/c1-10(11(2)13(18)19)12(17)15-9-14(3)5-7-16(4)8-6-14/h10-11H,5-9H2,1-4H3,(H,15,17)(H,18,19). The highest BCUT2D eigenvalue weighted by atomic mass is 16.4. The van der Waals surface area contributed by atoms with Crippen molar-refractivity contribution in [1.29, 1.82) is 0 Å². The van der Waals surface area contributed by atoms with Crippen LogP contribution in [0.3, 0.4) is 0 Å². The van der Waals surface area contributed by atoms with Crippen LogP contribution in [0.2, 0.25) is 0 Å². The topological polar surface area (TPSA) is 69.6 Å². The quantitative estimate of drug-likeness (QED) is 0.787. The van der Waals surface area contributed by atoms with Gasteiger partial charge < -0.3 is 15.3 Å². The number of amides is 1. The van der Waals surface area contributed by atoms with E-state index in [1.807, 2.05) is 0 Å². The Morgan fingerprint density at radius 2 is 1.79 bits per heavy atom. The maximum absolute atomic E-state index is 12.0. The van der Waals surface area contributed by atoms with Crippen LogP contribution in [0.25, 0.3) is 0 Å². The van der Waals surface area contributed by atoms with Gasteiger partial charge in [0.1, 0.15) is 0 Å². The minimum atomic E-state index is -0.923. The number of hydrogen-bond donors (Lipinski definition) is 2. The summed E-state index contributed by atoms with van der Waals surface area (Å²) in [6.07, 6.45) is 2.12. The highest BCUT2D eigenvalue weighted by molar-refractivity contribution is 5.84. The van der Waals surface area contributed by atoms with Gasteiger partial charge in [-0.25, -0.2) is 0 Å². The van der Waals surface area contributed by atoms with Crippen molar-refractivity contribution in [2.75, 3.05) is 26.7 Å². The lowest BCUT2D eigenvalue weighted by atomic mass is 9.80. The normalized spacial score (nSPS) is 22.5. The van der Waals surface area contributed by atoms with Crippen LogP contribution in [0.5, 0.6) is 0 Å². The van der Waals surface area contributed by atoms with E-state index in [0.717, 1.165) is 25.9 Å². The van der Waals surface area contributed by atoms with Gasteiger partial charge >= 0.3 is 5.97 Å². The molecule has 0 radical (unpaired) electrons. The molecule has 0 aromatic rings. The first kappa shape index (κ1) is 16.0. The lowest BCUT2D eigenvalue weighted by molar-refractivity contribution is -0.146. The summed E-state index contributed by atoms with van der Waals surface area (Å²) < 4.78 is 0. The summed E-state index contributed by atoms with van der Waals surface area (Å²) in [5.74, 6) is -2.22. The second kappa shape index (κ2) is 6.37. The number of aliphatic carboxylic acids is 1. The number of rotatable bonds is 5. The molecule has 1 rings (SSSR count). The van der Waals surface area contributed by atoms with E-state index >= 15 is 0 Å². The first-order valence-corrected chi connectivity index (χ1v) is 6.94. The summed E-state index contributed by atoms with van der Waals surface area (Å²) in [4.78, 5) is 25.1. The molecule has 2 N–H and O–H groups in total. The molecule has 1 aliphatic heterocycles. The van der Waals surface area contributed by atoms with E-state index in [2.05, 4.69) is 24.2 Å². The summed E-state index contributed by atoms with van der Waals surface area (Å²) in [7, 11) is 2.11. The first-order chi connectivity index (χ1) is 8.75. The van der Waals surface area contributed by atoms with E-state index in [4.69, 9.17) is 5.11 Å². The summed E-state index contributed by atoms with van der Waals surface area (Å²) >= 11 is 0. The van der Waals surface area contributed by atoms with Crippen molar-refractivity contribution in [2.24, 2.45) is 17.3 Å². The van der Waals surface area contributed by atoms with E-state index in [1.165, 1.54) is 0 Å². The van der Waals surface area contributed by atoms with Crippen molar-refractivity contribution < 1.29 is 14.7 Å². The predicted molar refractivity (Wildman–Crippen MR) is 73.8 cm³/mol. The van der Waals surface area contributed by atoms with Gasteiger partial charge in [-0.05, 0) is 38.4 Å². The molecule has 0 aromatic carbocycles. The maximum atomic E-state index is 12.0. The minimum Gasteiger partial charge on any atom is -0.481 e. The van der Waals surface area contributed by atoms with Crippen LogP contribution in [0, 0.1) is 17.3 Å². The van der Waals surface area contributed by atoms with E-state index in [9.17, 15) is 9.59 Å². The lowest BCUT2D eigenvalue weighted by Gasteiger charge is -2.38. The number of hydrogen-bond acceptors (Lipinski definition) is 3. The Hall–Kier alpha value is -1.10. The molecule has 0 aliphatic carbocycles. The molecule has 0 saturated carbocycles. The zero-order valence-electron chi connectivity index (χ0n) is 12.4. The van der Waals surface area contributed by atoms with Crippen LogP contribution in [0.1, 0.15) is 33.6 Å². The van der Waals surface area contributed by atoms with Crippen LogP contribution in [-0.4, -0.2) is 48.6 Å². The maximum Gasteiger partial charge on any atom is 0.307 e. The molecule has 2 atom stereocenters. The van der Waals surface area contributed by atoms with Gasteiger partial charge in [-0.15, -0.1) is 0 Å². The largest absolute Gasteiger partial charge is 0.481 e. The molecule has 1 aliphatic rings. The van der Waals surface area contributed by atoms with Crippen LogP contribution in [-0.2, 0) is 9.59 Å². The molecule has 1 amide bonds. The first-order valence-electron chi connectivity index (χ1n) is 6.94. The number of carbonyl (C=O) groups is 2. The fourth-order valence-electron chi connectivity index (χ4n) is 2.24. The molecule has 1 fully saturated rings. The average molecular weight is 270 g/mol. The molecular formula is C14H26N2O3. The van der Waals surface area contributed by atoms with E-state index in [1.54, 1.807) is 13.8 Å². The molecule has 19 heavy (non-hydrogen) atoms. The van der Waals surface area contributed by atoms with Crippen molar-refractivity contribution in [3.8, 4) is 0 Å². The monoisotopic (exact) mass is 270 g/mol. The molecule has 0 aromatic heterocycles. The van der Waals surface area contributed by atoms with Crippen molar-refractivity contribution in [2.45, 2.75) is 33.6 Å². The van der Waals surface area contributed by atoms with Crippen LogP contribution < -0.4 is 5.32 Å². The third-order valence-corrected chi connectivity index (χ3v) is 4.44. The Kier molecular flexibility index (Phi) is 5.35. The summed E-state index contributed by atoms with van der Waals surface area (Å²) in [6.45, 7) is 8.16. The summed E-state index contributed by atoms with van der Waals surface area (Å²) in [5.41, 5.74) is 0.133. The average Bonchev–Trinajstić information content (AvgIpc) is 2.38. The number of carboxylic acids is 1. The number of likely N-dealkylation sites (tertiary alicyclic amines) is 1. The zero-order chi connectivity index (χ0) is 14.6. The Bertz CT molecular complexity index is 336. The van der Waals surface area contributed by atoms with E-state index < -0.39 is 17.8 Å². The zero-order valence-corrected chi connectivity index (χ0v) is 12.4. The predicted octanol–water partition coefficient (Wildman–Crippen LogP) is 1.19. The molecule has 0 spiro atoms. The minimum absolute atomic E-state index is 0.133. The molecule has 2 unspecified atom stereocenters. The lowest BCUT2D eigenvalue weighted by Crippen LogP contribution is -2.45. The van der Waals surface area contributed by atoms with Crippen molar-refractivity contribution in [3.63, 3.8) is 0 Å². The number of nitrogens with one attached hydrogen (secondary N) is 1. The second-order valence-corrected chi connectivity index (χ2v) is 6.25. The number of piperidine rings is 1. The molecule has 110 valence electrons. The van der Waals surface area contributed by atoms with E-state index in [-0.39, 0.29) is 11.3 Å². The number of nitrogens with zero attached hydrogens (tertiary/aromatic N) is 1. The van der Waals surface area contributed by atoms with Gasteiger partial charge in [0.15, 0.2) is 0 Å². The smallest absolute Gasteiger partial charge is 0.307 e. The Labute approximate surface area is 115 Å². The number of carboxylic acid groups (broad SMARTS) is 1. The fraction of sp³-hybridized carbons (Fsp3) is 0.857. The molecule has 1 heterocycles. The van der Waals surface area contributed by atoms with Crippen molar-refractivity contribution >= 4 is 11.9 Å². The van der Waals surface area contributed by atoms with Crippen LogP contribution in [0.4, 0.5) is 0 Å². The third-order valence-electron chi connectivity index (χ3n) is 4.44. The Balaban J connectivity index is 2.43. The molecule has 0 bridgehead atoms. The van der Waals surface area contributed by atoms with Crippen molar-refractivity contribution in [3.05, 3.63) is 0 Å². The molecule has 5 heteroatoms. The van der Waals surface area contributed by atoms with Crippen LogP contribution >= 0.6 is 0 Å². The van der Waals surface area contributed by atoms with Gasteiger partial charge in [-0.1, -0.05) is 20.8 Å². The van der Waals surface area contributed by atoms with Gasteiger partial charge in [-0.3, -0.25) is 9.59 Å². The SMILES string of the molecule is CC(C(=O)O)C(C)C(=O)NCC1(C)CCN(C)CC1. The van der Waals surface area contributed by atoms with Gasteiger partial charge in [0, 0.05) is 12.5 Å². The van der Waals surface area contributed by atoms with Gasteiger partial charge in [0.05, 0.1) is 5.92 Å².